The zero-order chi connectivity index (χ0) is 25.9. The maximum absolute atomic E-state index is 14.3. The minimum absolute atomic E-state index is 0.157. The van der Waals surface area contributed by atoms with Crippen molar-refractivity contribution in [2.45, 2.75) is 45.3 Å². The Morgan fingerprint density at radius 3 is 2.34 bits per heavy atom. The highest BCUT2D eigenvalue weighted by Gasteiger charge is 2.40. The number of anilines is 1. The fraction of sp³-hybridized carbons (Fsp3) is 0.400. The van der Waals surface area contributed by atoms with Gasteiger partial charge in [0.2, 0.25) is 11.8 Å². The molecule has 10 heteroatoms. The van der Waals surface area contributed by atoms with Gasteiger partial charge < -0.3 is 20.9 Å². The Bertz CT molecular complexity index is 1110. The first-order valence-electron chi connectivity index (χ1n) is 11.4. The van der Waals surface area contributed by atoms with E-state index >= 15 is 0 Å². The van der Waals surface area contributed by atoms with Crippen LogP contribution in [0.25, 0.3) is 0 Å². The second-order valence-corrected chi connectivity index (χ2v) is 9.29. The molecule has 188 valence electrons. The average molecular weight is 507 g/mol. The Morgan fingerprint density at radius 1 is 1.09 bits per heavy atom. The number of likely N-dealkylation sites (N-methyl/N-ethyl adjacent to an activating group) is 1. The van der Waals surface area contributed by atoms with E-state index in [1.165, 1.54) is 11.0 Å². The maximum Gasteiger partial charge on any atom is 0.251 e. The maximum atomic E-state index is 14.3. The quantitative estimate of drug-likeness (QED) is 0.536. The van der Waals surface area contributed by atoms with Crippen LogP contribution in [-0.4, -0.2) is 48.3 Å². The van der Waals surface area contributed by atoms with E-state index in [0.717, 1.165) is 17.7 Å². The van der Waals surface area contributed by atoms with E-state index in [0.29, 0.717) is 17.0 Å². The van der Waals surface area contributed by atoms with Crippen LogP contribution in [0.4, 0.5) is 14.5 Å². The molecule has 0 fully saturated rings. The number of carbonyl (C=O) groups excluding carboxylic acids is 3. The van der Waals surface area contributed by atoms with Gasteiger partial charge in [0.1, 0.15) is 29.4 Å². The lowest BCUT2D eigenvalue weighted by Crippen LogP contribution is -2.57. The molecular formula is C25H29ClF2N4O3. The minimum Gasteiger partial charge on any atom is -0.343 e. The second kappa shape index (κ2) is 11.1. The molecule has 0 bridgehead atoms. The molecular weight excluding hydrogens is 478 g/mol. The van der Waals surface area contributed by atoms with Crippen LogP contribution in [0.5, 0.6) is 0 Å². The van der Waals surface area contributed by atoms with Gasteiger partial charge >= 0.3 is 0 Å². The van der Waals surface area contributed by atoms with Crippen LogP contribution >= 0.6 is 11.6 Å². The van der Waals surface area contributed by atoms with Crippen molar-refractivity contribution in [3.63, 3.8) is 0 Å². The van der Waals surface area contributed by atoms with Gasteiger partial charge in [-0.1, -0.05) is 37.6 Å². The number of halogens is 3. The number of carbonyl (C=O) groups is 3. The Labute approximate surface area is 208 Å². The van der Waals surface area contributed by atoms with E-state index in [2.05, 4.69) is 16.0 Å². The summed E-state index contributed by atoms with van der Waals surface area (Å²) in [6.07, 6.45) is 0.422. The van der Waals surface area contributed by atoms with Crippen molar-refractivity contribution in [1.82, 2.24) is 15.5 Å². The number of nitrogens with one attached hydrogen (secondary N) is 3. The van der Waals surface area contributed by atoms with Gasteiger partial charge in [-0.15, -0.1) is 0 Å². The highest BCUT2D eigenvalue weighted by Crippen LogP contribution is 2.34. The summed E-state index contributed by atoms with van der Waals surface area (Å²) in [5, 5.41) is 8.37. The van der Waals surface area contributed by atoms with Gasteiger partial charge in [-0.25, -0.2) is 8.78 Å². The standard InChI is InChI=1S/C25H29ClF2N4O3/c1-13(2)20(30-23(33)14(3)29-4)25(35)32-11-10-15-12-16(26)8-9-17(15)22(32)24(34)31-21-18(27)6-5-7-19(21)28/h5-9,12-14,20,22,29H,10-11H2,1-4H3,(H,30,33)(H,31,34)/t14-,20-,22+/m0/s1. The molecule has 3 atom stereocenters. The van der Waals surface area contributed by atoms with Crippen molar-refractivity contribution in [2.24, 2.45) is 5.92 Å². The predicted octanol–water partition coefficient (Wildman–Crippen LogP) is 3.43. The van der Waals surface area contributed by atoms with E-state index in [1.807, 2.05) is 0 Å². The third kappa shape index (κ3) is 5.79. The number of hydrogen-bond donors (Lipinski definition) is 3. The average Bonchev–Trinajstić information content (AvgIpc) is 2.82. The summed E-state index contributed by atoms with van der Waals surface area (Å²) in [5.41, 5.74) is 0.660. The molecule has 0 unspecified atom stereocenters. The molecule has 0 radical (unpaired) electrons. The molecule has 7 nitrogen and oxygen atoms in total. The molecule has 0 saturated heterocycles. The molecule has 1 aliphatic rings. The number of hydrogen-bond acceptors (Lipinski definition) is 4. The summed E-state index contributed by atoms with van der Waals surface area (Å²) in [6.45, 7) is 5.39. The minimum atomic E-state index is -1.18. The molecule has 2 aromatic rings. The van der Waals surface area contributed by atoms with Crippen molar-refractivity contribution in [3.8, 4) is 0 Å². The molecule has 0 saturated carbocycles. The Hall–Kier alpha value is -3.04. The fourth-order valence-corrected chi connectivity index (χ4v) is 4.22. The molecule has 0 spiro atoms. The van der Waals surface area contributed by atoms with Crippen molar-refractivity contribution in [2.75, 3.05) is 18.9 Å². The largest absolute Gasteiger partial charge is 0.343 e. The molecule has 2 aromatic carbocycles. The van der Waals surface area contributed by atoms with Gasteiger partial charge in [0.25, 0.3) is 5.91 Å². The third-order valence-electron chi connectivity index (χ3n) is 6.13. The number of para-hydroxylation sites is 1. The summed E-state index contributed by atoms with van der Waals surface area (Å²) in [6, 6.07) is 5.56. The summed E-state index contributed by atoms with van der Waals surface area (Å²) in [7, 11) is 1.63. The third-order valence-corrected chi connectivity index (χ3v) is 6.37. The number of rotatable bonds is 7. The van der Waals surface area contributed by atoms with Gasteiger partial charge in [-0.3, -0.25) is 14.4 Å². The SMILES string of the molecule is CN[C@@H](C)C(=O)N[C@H](C(=O)N1CCc2cc(Cl)ccc2[C@@H]1C(=O)Nc1c(F)cccc1F)C(C)C. The summed E-state index contributed by atoms with van der Waals surface area (Å²) in [5.74, 6) is -3.75. The first-order valence-corrected chi connectivity index (χ1v) is 11.7. The zero-order valence-electron chi connectivity index (χ0n) is 20.0. The first-order chi connectivity index (χ1) is 16.5. The highest BCUT2D eigenvalue weighted by molar-refractivity contribution is 6.30. The number of benzene rings is 2. The van der Waals surface area contributed by atoms with Crippen LogP contribution in [0.3, 0.4) is 0 Å². The monoisotopic (exact) mass is 506 g/mol. The lowest BCUT2D eigenvalue weighted by molar-refractivity contribution is -0.144. The van der Waals surface area contributed by atoms with E-state index in [9.17, 15) is 23.2 Å². The van der Waals surface area contributed by atoms with Gasteiger partial charge in [0.15, 0.2) is 0 Å². The summed E-state index contributed by atoms with van der Waals surface area (Å²) in [4.78, 5) is 41.0. The molecule has 1 heterocycles. The fourth-order valence-electron chi connectivity index (χ4n) is 4.03. The molecule has 0 aliphatic carbocycles. The van der Waals surface area contributed by atoms with Gasteiger partial charge in [0.05, 0.1) is 6.04 Å². The lowest BCUT2D eigenvalue weighted by Gasteiger charge is -2.39. The Morgan fingerprint density at radius 2 is 1.74 bits per heavy atom. The van der Waals surface area contributed by atoms with Crippen molar-refractivity contribution in [3.05, 3.63) is 64.2 Å². The summed E-state index contributed by atoms with van der Waals surface area (Å²) < 4.78 is 28.5. The molecule has 3 rings (SSSR count). The van der Waals surface area contributed by atoms with Crippen LogP contribution in [0.2, 0.25) is 5.02 Å². The number of nitrogens with zero attached hydrogens (tertiary/aromatic N) is 1. The van der Waals surface area contributed by atoms with Crippen LogP contribution in [0.15, 0.2) is 36.4 Å². The van der Waals surface area contributed by atoms with Gasteiger partial charge in [-0.2, -0.15) is 0 Å². The van der Waals surface area contributed by atoms with E-state index in [-0.39, 0.29) is 18.4 Å². The summed E-state index contributed by atoms with van der Waals surface area (Å²) >= 11 is 6.13. The zero-order valence-corrected chi connectivity index (χ0v) is 20.7. The van der Waals surface area contributed by atoms with E-state index < -0.39 is 47.3 Å². The second-order valence-electron chi connectivity index (χ2n) is 8.85. The molecule has 1 aliphatic heterocycles. The van der Waals surface area contributed by atoms with Crippen LogP contribution < -0.4 is 16.0 Å². The van der Waals surface area contributed by atoms with Crippen LogP contribution in [0, 0.1) is 17.6 Å². The Balaban J connectivity index is 2.00. The van der Waals surface area contributed by atoms with Crippen LogP contribution in [-0.2, 0) is 20.8 Å². The molecule has 3 N–H and O–H groups in total. The van der Waals surface area contributed by atoms with Crippen molar-refractivity contribution >= 4 is 35.0 Å². The van der Waals surface area contributed by atoms with Gasteiger partial charge in [0, 0.05) is 11.6 Å². The van der Waals surface area contributed by atoms with E-state index in [4.69, 9.17) is 11.6 Å². The highest BCUT2D eigenvalue weighted by atomic mass is 35.5. The van der Waals surface area contributed by atoms with Gasteiger partial charge in [-0.05, 0) is 61.7 Å². The molecule has 0 aromatic heterocycles. The van der Waals surface area contributed by atoms with Crippen LogP contribution in [0.1, 0.15) is 37.9 Å². The lowest BCUT2D eigenvalue weighted by atomic mass is 9.90. The smallest absolute Gasteiger partial charge is 0.251 e. The predicted molar refractivity (Wildman–Crippen MR) is 130 cm³/mol. The van der Waals surface area contributed by atoms with Crippen molar-refractivity contribution < 1.29 is 23.2 Å². The molecule has 3 amide bonds. The topological polar surface area (TPSA) is 90.5 Å². The Kier molecular flexibility index (Phi) is 8.45. The number of fused-ring (bicyclic) bond motifs is 1. The van der Waals surface area contributed by atoms with Crippen molar-refractivity contribution in [1.29, 1.82) is 0 Å². The van der Waals surface area contributed by atoms with E-state index in [1.54, 1.807) is 46.0 Å². The normalized spacial score (nSPS) is 16.9. The molecule has 35 heavy (non-hydrogen) atoms. The first kappa shape index (κ1) is 26.6. The number of amides is 3.